The topological polar surface area (TPSA) is 104 Å². The van der Waals surface area contributed by atoms with Crippen LogP contribution in [0.4, 0.5) is 0 Å². The highest BCUT2D eigenvalue weighted by molar-refractivity contribution is 8.13. The normalized spacial score (nSPS) is 20.4. The van der Waals surface area contributed by atoms with E-state index in [0.29, 0.717) is 24.7 Å². The maximum atomic E-state index is 12.9. The van der Waals surface area contributed by atoms with E-state index in [2.05, 4.69) is 9.39 Å². The minimum atomic E-state index is -3.90. The minimum Gasteiger partial charge on any atom is -0.378 e. The molecule has 0 amide bonds. The lowest BCUT2D eigenvalue weighted by Gasteiger charge is -2.17. The zero-order valence-corrected chi connectivity index (χ0v) is 20.5. The number of hydrazone groups is 1. The van der Waals surface area contributed by atoms with Gasteiger partial charge in [-0.15, -0.1) is 4.40 Å². The molecule has 2 aliphatic rings. The van der Waals surface area contributed by atoms with Crippen molar-refractivity contribution in [1.82, 2.24) is 9.31 Å². The fourth-order valence-electron chi connectivity index (χ4n) is 3.80. The van der Waals surface area contributed by atoms with Crippen molar-refractivity contribution in [3.63, 3.8) is 0 Å². The predicted molar refractivity (Wildman–Crippen MR) is 136 cm³/mol. The summed E-state index contributed by atoms with van der Waals surface area (Å²) >= 11 is 7.30. The first-order valence-corrected chi connectivity index (χ1v) is 13.5. The zero-order chi connectivity index (χ0) is 23.4. The van der Waals surface area contributed by atoms with E-state index in [0.717, 1.165) is 29.7 Å². The molecule has 2 aliphatic heterocycles. The molecule has 2 N–H and O–H groups in total. The Bertz CT molecular complexity index is 1180. The third-order valence-corrected chi connectivity index (χ3v) is 7.67. The summed E-state index contributed by atoms with van der Waals surface area (Å²) in [7, 11) is -3.90. The Morgan fingerprint density at radius 1 is 1.12 bits per heavy atom. The van der Waals surface area contributed by atoms with Gasteiger partial charge in [-0.05, 0) is 42.4 Å². The molecule has 0 bridgehead atoms. The maximum Gasteiger partial charge on any atom is 0.325 e. The number of guanidine groups is 1. The number of halogens is 1. The number of amidine groups is 1. The summed E-state index contributed by atoms with van der Waals surface area (Å²) in [5.74, 6) is -0.156. The van der Waals surface area contributed by atoms with Crippen LogP contribution in [0, 0.1) is 0 Å². The number of nitrogens with zero attached hydrogens (tertiary/aromatic N) is 5. The molecule has 0 aliphatic carbocycles. The number of aliphatic imine (C=N–C) groups is 1. The summed E-state index contributed by atoms with van der Waals surface area (Å²) in [5, 5.41) is 7.12. The second kappa shape index (κ2) is 10.3. The molecular formula is C22H25ClN6O2S2. The SMILES string of the molecule is CS/C(N)=N/C(=N/S(=O)(=O)N1CCCC1)N1CC(c2ccccc2)C(c2ccc(Cl)cc2)=N1. The second-order valence-electron chi connectivity index (χ2n) is 7.67. The van der Waals surface area contributed by atoms with Crippen molar-refractivity contribution in [3.05, 3.63) is 70.7 Å². The number of benzene rings is 2. The summed E-state index contributed by atoms with van der Waals surface area (Å²) in [6.45, 7) is 1.28. The first kappa shape index (κ1) is 23.7. The van der Waals surface area contributed by atoms with Crippen molar-refractivity contribution in [3.8, 4) is 0 Å². The molecular weight excluding hydrogens is 480 g/mol. The van der Waals surface area contributed by atoms with Gasteiger partial charge in [0.1, 0.15) is 0 Å². The fraction of sp³-hybridized carbons (Fsp3) is 0.318. The smallest absolute Gasteiger partial charge is 0.325 e. The molecule has 2 aromatic rings. The number of hydrogen-bond acceptors (Lipinski definition) is 4. The quantitative estimate of drug-likeness (QED) is 0.506. The Morgan fingerprint density at radius 3 is 2.42 bits per heavy atom. The van der Waals surface area contributed by atoms with Gasteiger partial charge in [0.25, 0.3) is 5.96 Å². The molecule has 1 saturated heterocycles. The van der Waals surface area contributed by atoms with Crippen LogP contribution < -0.4 is 5.73 Å². The van der Waals surface area contributed by atoms with Gasteiger partial charge in [-0.1, -0.05) is 65.8 Å². The lowest BCUT2D eigenvalue weighted by atomic mass is 9.91. The second-order valence-corrected chi connectivity index (χ2v) is 10.5. The lowest BCUT2D eigenvalue weighted by molar-refractivity contribution is 0.461. The Morgan fingerprint density at radius 2 is 1.79 bits per heavy atom. The van der Waals surface area contributed by atoms with Gasteiger partial charge in [0.15, 0.2) is 5.17 Å². The van der Waals surface area contributed by atoms with Gasteiger partial charge in [0.05, 0.1) is 12.3 Å². The molecule has 1 fully saturated rings. The van der Waals surface area contributed by atoms with Gasteiger partial charge in [-0.3, -0.25) is 0 Å². The number of thioether (sulfide) groups is 1. The van der Waals surface area contributed by atoms with Gasteiger partial charge in [-0.25, -0.2) is 5.01 Å². The highest BCUT2D eigenvalue weighted by Gasteiger charge is 2.33. The summed E-state index contributed by atoms with van der Waals surface area (Å²) in [5.41, 5.74) is 8.68. The molecule has 11 heteroatoms. The van der Waals surface area contributed by atoms with Crippen molar-refractivity contribution in [2.45, 2.75) is 18.8 Å². The van der Waals surface area contributed by atoms with Gasteiger partial charge in [-0.2, -0.15) is 22.8 Å². The van der Waals surface area contributed by atoms with E-state index in [9.17, 15) is 8.42 Å². The van der Waals surface area contributed by atoms with Crippen LogP contribution in [0.15, 0.2) is 69.1 Å². The first-order chi connectivity index (χ1) is 15.9. The Labute approximate surface area is 203 Å². The third kappa shape index (κ3) is 5.57. The van der Waals surface area contributed by atoms with Crippen molar-refractivity contribution in [2.75, 3.05) is 25.9 Å². The molecule has 8 nitrogen and oxygen atoms in total. The average Bonchev–Trinajstić information content (AvgIpc) is 3.51. The maximum absolute atomic E-state index is 12.9. The van der Waals surface area contributed by atoms with E-state index in [1.807, 2.05) is 42.5 Å². The molecule has 4 rings (SSSR count). The summed E-state index contributed by atoms with van der Waals surface area (Å²) < 4.78 is 31.3. The first-order valence-electron chi connectivity index (χ1n) is 10.5. The highest BCUT2D eigenvalue weighted by Crippen LogP contribution is 2.30. The molecule has 2 aromatic carbocycles. The van der Waals surface area contributed by atoms with Crippen LogP contribution in [0.5, 0.6) is 0 Å². The number of hydrogen-bond donors (Lipinski definition) is 1. The van der Waals surface area contributed by atoms with Gasteiger partial charge < -0.3 is 5.73 Å². The predicted octanol–water partition coefficient (Wildman–Crippen LogP) is 3.52. The van der Waals surface area contributed by atoms with Crippen molar-refractivity contribution in [2.24, 2.45) is 20.2 Å². The van der Waals surface area contributed by atoms with Crippen LogP contribution in [0.2, 0.25) is 5.02 Å². The van der Waals surface area contributed by atoms with Crippen molar-refractivity contribution < 1.29 is 8.42 Å². The average molecular weight is 505 g/mol. The van der Waals surface area contributed by atoms with Crippen LogP contribution in [-0.2, 0) is 10.2 Å². The van der Waals surface area contributed by atoms with Gasteiger partial charge >= 0.3 is 10.2 Å². The van der Waals surface area contributed by atoms with Crippen LogP contribution in [0.3, 0.4) is 0 Å². The monoisotopic (exact) mass is 504 g/mol. The molecule has 33 heavy (non-hydrogen) atoms. The molecule has 0 saturated carbocycles. The molecule has 0 radical (unpaired) electrons. The van der Waals surface area contributed by atoms with Gasteiger partial charge in [0, 0.05) is 24.0 Å². The molecule has 0 aromatic heterocycles. The van der Waals surface area contributed by atoms with E-state index < -0.39 is 10.2 Å². The molecule has 2 heterocycles. The van der Waals surface area contributed by atoms with Crippen molar-refractivity contribution >= 4 is 50.4 Å². The Hall–Kier alpha value is -2.40. The van der Waals surface area contributed by atoms with Crippen molar-refractivity contribution in [1.29, 1.82) is 0 Å². The summed E-state index contributed by atoms with van der Waals surface area (Å²) in [6.07, 6.45) is 3.41. The van der Waals surface area contributed by atoms with Gasteiger partial charge in [0.2, 0.25) is 0 Å². The fourth-order valence-corrected chi connectivity index (χ4v) is 5.28. The summed E-state index contributed by atoms with van der Waals surface area (Å²) in [6, 6.07) is 17.3. The van der Waals surface area contributed by atoms with E-state index in [1.165, 1.54) is 21.1 Å². The molecule has 1 atom stereocenters. The van der Waals surface area contributed by atoms with Crippen LogP contribution >= 0.6 is 23.4 Å². The molecule has 174 valence electrons. The Kier molecular flexibility index (Phi) is 7.38. The van der Waals surface area contributed by atoms with Crippen LogP contribution in [0.25, 0.3) is 0 Å². The zero-order valence-electron chi connectivity index (χ0n) is 18.1. The minimum absolute atomic E-state index is 0.0429. The highest BCUT2D eigenvalue weighted by atomic mass is 35.5. The largest absolute Gasteiger partial charge is 0.378 e. The van der Waals surface area contributed by atoms with E-state index >= 15 is 0 Å². The molecule has 1 unspecified atom stereocenters. The van der Waals surface area contributed by atoms with E-state index in [-0.39, 0.29) is 17.0 Å². The standard InChI is InChI=1S/C22H25ClN6O2S2/c1-32-21(24)25-22(27-33(30,31)28-13-5-6-14-28)29-15-19(16-7-3-2-4-8-16)20(26-29)17-9-11-18(23)12-10-17/h2-4,7-12,19H,5-6,13-15H2,1H3,(H2,24,25,27). The van der Waals surface area contributed by atoms with Crippen LogP contribution in [0.1, 0.15) is 29.9 Å². The van der Waals surface area contributed by atoms with E-state index in [4.69, 9.17) is 22.4 Å². The third-order valence-electron chi connectivity index (χ3n) is 5.49. The van der Waals surface area contributed by atoms with E-state index in [1.54, 1.807) is 18.4 Å². The van der Waals surface area contributed by atoms with Crippen LogP contribution in [-0.4, -0.2) is 60.5 Å². The molecule has 0 spiro atoms. The summed E-state index contributed by atoms with van der Waals surface area (Å²) in [4.78, 5) is 4.30. The number of rotatable bonds is 4. The number of nitrogens with two attached hydrogens (primary N) is 1. The lowest BCUT2D eigenvalue weighted by Crippen LogP contribution is -2.31. The Balaban J connectivity index is 1.78.